The molecule has 1 heterocycles. The average Bonchev–Trinajstić information content (AvgIpc) is 3.07. The van der Waals surface area contributed by atoms with Crippen LogP contribution in [0.15, 0.2) is 0 Å². The predicted octanol–water partition coefficient (Wildman–Crippen LogP) is 4.40. The molecule has 0 radical (unpaired) electrons. The largest absolute Gasteiger partial charge is 0.393 e. The molecule has 5 aliphatic rings. The molecule has 0 spiro atoms. The molecule has 4 aliphatic carbocycles. The molecule has 0 bridgehead atoms. The molecule has 3 N–H and O–H groups in total. The van der Waals surface area contributed by atoms with E-state index in [2.05, 4.69) is 27.7 Å². The summed E-state index contributed by atoms with van der Waals surface area (Å²) < 4.78 is 5.76. The van der Waals surface area contributed by atoms with Gasteiger partial charge in [-0.15, -0.1) is 0 Å². The highest BCUT2D eigenvalue weighted by molar-refractivity contribution is 5.14. The van der Waals surface area contributed by atoms with E-state index in [1.165, 1.54) is 12.8 Å². The first kappa shape index (κ1) is 22.6. The van der Waals surface area contributed by atoms with Gasteiger partial charge in [-0.3, -0.25) is 0 Å². The Kier molecular flexibility index (Phi) is 5.81. The molecule has 31 heavy (non-hydrogen) atoms. The van der Waals surface area contributed by atoms with Crippen molar-refractivity contribution < 1.29 is 20.1 Å². The second kappa shape index (κ2) is 7.96. The lowest BCUT2D eigenvalue weighted by atomic mass is 9.43. The number of aliphatic hydroxyl groups is 3. The fourth-order valence-corrected chi connectivity index (χ4v) is 9.55. The lowest BCUT2D eigenvalue weighted by Gasteiger charge is -2.63. The van der Waals surface area contributed by atoms with Crippen LogP contribution in [0.3, 0.4) is 0 Å². The number of aliphatic hydroxyl groups excluding tert-OH is 3. The summed E-state index contributed by atoms with van der Waals surface area (Å²) in [5.74, 6) is 3.34. The summed E-state index contributed by atoms with van der Waals surface area (Å²) in [5.41, 5.74) is 0.0812. The van der Waals surface area contributed by atoms with E-state index in [0.717, 1.165) is 51.6 Å². The van der Waals surface area contributed by atoms with Crippen LogP contribution in [0.25, 0.3) is 0 Å². The Morgan fingerprint density at radius 3 is 2.45 bits per heavy atom. The quantitative estimate of drug-likeness (QED) is 0.613. The Labute approximate surface area is 189 Å². The highest BCUT2D eigenvalue weighted by Gasteiger charge is 2.65. The number of ether oxygens (including phenoxy) is 1. The van der Waals surface area contributed by atoms with Crippen molar-refractivity contribution in [2.45, 2.75) is 110 Å². The smallest absolute Gasteiger partial charge is 0.0622 e. The molecular formula is C27H46O4. The van der Waals surface area contributed by atoms with E-state index >= 15 is 0 Å². The zero-order chi connectivity index (χ0) is 22.1. The Morgan fingerprint density at radius 1 is 1.00 bits per heavy atom. The third-order valence-corrected chi connectivity index (χ3v) is 11.6. The van der Waals surface area contributed by atoms with E-state index in [4.69, 9.17) is 4.74 Å². The summed E-state index contributed by atoms with van der Waals surface area (Å²) in [6, 6.07) is 0. The zero-order valence-electron chi connectivity index (χ0n) is 20.2. The molecule has 4 saturated carbocycles. The van der Waals surface area contributed by atoms with Crippen LogP contribution >= 0.6 is 0 Å². The third-order valence-electron chi connectivity index (χ3n) is 11.6. The van der Waals surface area contributed by atoms with E-state index in [0.29, 0.717) is 47.5 Å². The Bertz CT molecular complexity index is 668. The number of fused-ring (bicyclic) bond motifs is 5. The molecule has 1 aliphatic heterocycles. The monoisotopic (exact) mass is 434 g/mol. The molecular weight excluding hydrogens is 388 g/mol. The third kappa shape index (κ3) is 3.37. The summed E-state index contributed by atoms with van der Waals surface area (Å²) in [6.07, 6.45) is 8.78. The first-order valence-corrected chi connectivity index (χ1v) is 13.3. The van der Waals surface area contributed by atoms with Crippen LogP contribution in [0.5, 0.6) is 0 Å². The van der Waals surface area contributed by atoms with Crippen LogP contribution in [-0.2, 0) is 4.74 Å². The topological polar surface area (TPSA) is 69.9 Å². The van der Waals surface area contributed by atoms with Gasteiger partial charge in [0.25, 0.3) is 0 Å². The first-order chi connectivity index (χ1) is 14.7. The second-order valence-electron chi connectivity index (χ2n) is 12.9. The van der Waals surface area contributed by atoms with E-state index in [1.807, 2.05) is 0 Å². The van der Waals surface area contributed by atoms with Gasteiger partial charge in [0.2, 0.25) is 0 Å². The highest BCUT2D eigenvalue weighted by atomic mass is 16.5. The number of rotatable bonds is 4. The molecule has 0 aromatic heterocycles. The SMILES string of the molecule is C[C@@H](CC[C@H]1OC[C@@H]1C)[C@H]1CC[C@H]2[C@@H]3[C@H](O)C[C@@H]4C[C@H](O)CC[C@]4(C)[C@H]3C[C@H](O)[C@]12C. The van der Waals surface area contributed by atoms with Crippen LogP contribution < -0.4 is 0 Å². The van der Waals surface area contributed by atoms with Crippen molar-refractivity contribution in [3.63, 3.8) is 0 Å². The molecule has 4 heteroatoms. The van der Waals surface area contributed by atoms with Gasteiger partial charge < -0.3 is 20.1 Å². The minimum absolute atomic E-state index is 0.0783. The highest BCUT2D eigenvalue weighted by Crippen LogP contribution is 2.68. The molecule has 5 rings (SSSR count). The molecule has 1 saturated heterocycles. The van der Waals surface area contributed by atoms with Gasteiger partial charge in [-0.25, -0.2) is 0 Å². The van der Waals surface area contributed by atoms with Crippen LogP contribution in [0, 0.1) is 52.3 Å². The van der Waals surface area contributed by atoms with E-state index in [-0.39, 0.29) is 29.1 Å². The fourth-order valence-electron chi connectivity index (χ4n) is 9.55. The van der Waals surface area contributed by atoms with Crippen LogP contribution in [0.2, 0.25) is 0 Å². The van der Waals surface area contributed by atoms with Crippen molar-refractivity contribution in [3.8, 4) is 0 Å². The van der Waals surface area contributed by atoms with Gasteiger partial charge in [0.15, 0.2) is 0 Å². The summed E-state index contributed by atoms with van der Waals surface area (Å²) in [7, 11) is 0. The lowest BCUT2D eigenvalue weighted by molar-refractivity contribution is -0.207. The molecule has 0 aromatic carbocycles. The maximum atomic E-state index is 11.7. The summed E-state index contributed by atoms with van der Waals surface area (Å²) >= 11 is 0. The molecule has 0 unspecified atom stereocenters. The van der Waals surface area contributed by atoms with Crippen LogP contribution in [0.1, 0.15) is 85.5 Å². The summed E-state index contributed by atoms with van der Waals surface area (Å²) in [6.45, 7) is 10.4. The maximum Gasteiger partial charge on any atom is 0.0622 e. The van der Waals surface area contributed by atoms with Crippen molar-refractivity contribution in [2.24, 2.45) is 52.3 Å². The van der Waals surface area contributed by atoms with Crippen molar-refractivity contribution >= 4 is 0 Å². The van der Waals surface area contributed by atoms with Gasteiger partial charge in [-0.2, -0.15) is 0 Å². The first-order valence-electron chi connectivity index (χ1n) is 13.3. The zero-order valence-corrected chi connectivity index (χ0v) is 20.2. The molecule has 4 nitrogen and oxygen atoms in total. The van der Waals surface area contributed by atoms with Gasteiger partial charge in [0.05, 0.1) is 31.0 Å². The Morgan fingerprint density at radius 2 is 1.77 bits per heavy atom. The minimum Gasteiger partial charge on any atom is -0.393 e. The second-order valence-corrected chi connectivity index (χ2v) is 12.9. The molecule has 178 valence electrons. The average molecular weight is 435 g/mol. The van der Waals surface area contributed by atoms with Gasteiger partial charge in [-0.1, -0.05) is 27.7 Å². The van der Waals surface area contributed by atoms with Gasteiger partial charge in [0.1, 0.15) is 0 Å². The normalized spacial score (nSPS) is 57.4. The van der Waals surface area contributed by atoms with Gasteiger partial charge in [0, 0.05) is 5.92 Å². The fraction of sp³-hybridized carbons (Fsp3) is 1.00. The number of hydrogen-bond donors (Lipinski definition) is 3. The predicted molar refractivity (Wildman–Crippen MR) is 121 cm³/mol. The summed E-state index contributed by atoms with van der Waals surface area (Å²) in [4.78, 5) is 0. The van der Waals surface area contributed by atoms with Gasteiger partial charge in [-0.05, 0) is 104 Å². The van der Waals surface area contributed by atoms with Crippen molar-refractivity contribution in [3.05, 3.63) is 0 Å². The molecule has 0 aromatic rings. The standard InChI is InChI=1S/C27H46O4/c1-15(5-8-23-16(2)14-31-23)19-6-7-20-25-21(13-24(30)27(19,20)4)26(3)10-9-18(28)11-17(26)12-22(25)29/h15-25,28-30H,5-14H2,1-4H3/t15-,16-,17-,18+,19+,20-,21-,22+,23+,24-,25-,26-,27+/m0/s1. The van der Waals surface area contributed by atoms with Crippen molar-refractivity contribution in [1.29, 1.82) is 0 Å². The Balaban J connectivity index is 1.36. The number of hydrogen-bond acceptors (Lipinski definition) is 4. The minimum atomic E-state index is -0.276. The van der Waals surface area contributed by atoms with Gasteiger partial charge >= 0.3 is 0 Å². The van der Waals surface area contributed by atoms with Crippen molar-refractivity contribution in [1.82, 2.24) is 0 Å². The lowest BCUT2D eigenvalue weighted by Crippen LogP contribution is -2.62. The van der Waals surface area contributed by atoms with Crippen molar-refractivity contribution in [2.75, 3.05) is 6.61 Å². The van der Waals surface area contributed by atoms with E-state index in [1.54, 1.807) is 0 Å². The molecule has 0 amide bonds. The van der Waals surface area contributed by atoms with Crippen LogP contribution in [-0.4, -0.2) is 46.3 Å². The van der Waals surface area contributed by atoms with Crippen LogP contribution in [0.4, 0.5) is 0 Å². The molecule has 5 fully saturated rings. The van der Waals surface area contributed by atoms with E-state index < -0.39 is 0 Å². The summed E-state index contributed by atoms with van der Waals surface area (Å²) in [5, 5.41) is 33.3. The molecule has 13 atom stereocenters. The van der Waals surface area contributed by atoms with E-state index in [9.17, 15) is 15.3 Å². The Hall–Kier alpha value is -0.160. The maximum absolute atomic E-state index is 11.7.